The highest BCUT2D eigenvalue weighted by molar-refractivity contribution is 14.1. The molecule has 0 spiro atoms. The molecule has 0 fully saturated rings. The number of benzene rings is 2. The summed E-state index contributed by atoms with van der Waals surface area (Å²) in [6, 6.07) is 19.7. The molecule has 0 aliphatic rings. The number of nitrogens with one attached hydrogen (secondary N) is 1. The Kier molecular flexibility index (Phi) is 5.08. The van der Waals surface area contributed by atoms with Gasteiger partial charge in [-0.3, -0.25) is 0 Å². The normalized spacial score (nSPS) is 13.0. The van der Waals surface area contributed by atoms with Crippen molar-refractivity contribution in [1.29, 1.82) is 0 Å². The molecule has 0 saturated carbocycles. The number of hydrogen-bond donors (Lipinski definition) is 1. The van der Waals surface area contributed by atoms with E-state index in [0.29, 0.717) is 6.04 Å². The summed E-state index contributed by atoms with van der Waals surface area (Å²) in [5.74, 6) is 0. The maximum atomic E-state index is 3.60. The van der Waals surface area contributed by atoms with Gasteiger partial charge in [0.05, 0.1) is 0 Å². The molecule has 2 aromatic rings. The topological polar surface area (TPSA) is 12.0 Å². The maximum Gasteiger partial charge on any atom is 0.0352 e. The molecule has 2 heteroatoms. The van der Waals surface area contributed by atoms with Crippen LogP contribution in [0.25, 0.3) is 0 Å². The number of halogens is 1. The Bertz CT molecular complexity index is 548. The van der Waals surface area contributed by atoms with Gasteiger partial charge in [-0.2, -0.15) is 0 Å². The van der Waals surface area contributed by atoms with Gasteiger partial charge in [-0.15, -0.1) is 0 Å². The fourth-order valence-electron chi connectivity index (χ4n) is 2.69. The zero-order chi connectivity index (χ0) is 14.6. The van der Waals surface area contributed by atoms with Crippen LogP contribution in [0.3, 0.4) is 0 Å². The number of hydrogen-bond acceptors (Lipinski definition) is 1. The van der Waals surface area contributed by atoms with Crippen LogP contribution in [-0.4, -0.2) is 6.04 Å². The molecular weight excluding hydrogens is 357 g/mol. The van der Waals surface area contributed by atoms with E-state index >= 15 is 0 Å². The molecule has 1 N–H and O–H groups in total. The van der Waals surface area contributed by atoms with Gasteiger partial charge in [-0.1, -0.05) is 50.2 Å². The van der Waals surface area contributed by atoms with E-state index in [-0.39, 0.29) is 5.41 Å². The highest BCUT2D eigenvalue weighted by Gasteiger charge is 2.23. The predicted molar refractivity (Wildman–Crippen MR) is 96.3 cm³/mol. The number of anilines is 1. The fraction of sp³-hybridized carbons (Fsp3) is 0.333. The molecule has 0 radical (unpaired) electrons. The summed E-state index contributed by atoms with van der Waals surface area (Å²) >= 11 is 2.35. The second kappa shape index (κ2) is 6.61. The minimum absolute atomic E-state index is 0.176. The smallest absolute Gasteiger partial charge is 0.0352 e. The van der Waals surface area contributed by atoms with Crippen LogP contribution in [0.2, 0.25) is 0 Å². The third kappa shape index (κ3) is 4.23. The van der Waals surface area contributed by atoms with Crippen molar-refractivity contribution >= 4 is 28.3 Å². The zero-order valence-corrected chi connectivity index (χ0v) is 14.5. The largest absolute Gasteiger partial charge is 0.383 e. The number of rotatable bonds is 5. The highest BCUT2D eigenvalue weighted by Crippen LogP contribution is 2.29. The average Bonchev–Trinajstić information content (AvgIpc) is 2.39. The second-order valence-electron chi connectivity index (χ2n) is 6.01. The first-order chi connectivity index (χ1) is 9.47. The van der Waals surface area contributed by atoms with Crippen LogP contribution in [0.4, 0.5) is 5.69 Å². The van der Waals surface area contributed by atoms with E-state index in [9.17, 15) is 0 Å². The molecule has 0 bridgehead atoms. The summed E-state index contributed by atoms with van der Waals surface area (Å²) in [5.41, 5.74) is 2.78. The Morgan fingerprint density at radius 2 is 1.75 bits per heavy atom. The molecule has 2 rings (SSSR count). The molecule has 0 aliphatic heterocycles. The Hall–Kier alpha value is -1.03. The first-order valence-electron chi connectivity index (χ1n) is 7.05. The summed E-state index contributed by atoms with van der Waals surface area (Å²) in [6.45, 7) is 6.88. The Balaban J connectivity index is 2.02. The quantitative estimate of drug-likeness (QED) is 0.681. The molecule has 1 atom stereocenters. The predicted octanol–water partition coefficient (Wildman–Crippen LogP) is 5.46. The minimum Gasteiger partial charge on any atom is -0.383 e. The van der Waals surface area contributed by atoms with E-state index < -0.39 is 0 Å². The lowest BCUT2D eigenvalue weighted by atomic mass is 9.79. The van der Waals surface area contributed by atoms with Crippen molar-refractivity contribution in [3.63, 3.8) is 0 Å². The average molecular weight is 379 g/mol. The molecule has 106 valence electrons. The molecule has 0 heterocycles. The van der Waals surface area contributed by atoms with Crippen LogP contribution in [0.15, 0.2) is 54.6 Å². The van der Waals surface area contributed by atoms with Gasteiger partial charge in [-0.05, 0) is 65.1 Å². The molecule has 20 heavy (non-hydrogen) atoms. The van der Waals surface area contributed by atoms with Crippen LogP contribution in [-0.2, 0) is 5.41 Å². The van der Waals surface area contributed by atoms with Crippen molar-refractivity contribution in [1.82, 2.24) is 0 Å². The molecule has 0 aromatic heterocycles. The molecule has 1 unspecified atom stereocenters. The van der Waals surface area contributed by atoms with Gasteiger partial charge in [0.2, 0.25) is 0 Å². The highest BCUT2D eigenvalue weighted by atomic mass is 127. The summed E-state index contributed by atoms with van der Waals surface area (Å²) < 4.78 is 1.27. The van der Waals surface area contributed by atoms with Crippen molar-refractivity contribution in [2.24, 2.45) is 0 Å². The standard InChI is InChI=1S/C18H22IN/c1-14(20-17-11-7-10-16(19)12-17)13-18(2,3)15-8-5-4-6-9-15/h4-12,14,20H,13H2,1-3H3. The van der Waals surface area contributed by atoms with Gasteiger partial charge in [-0.25, -0.2) is 0 Å². The molecular formula is C18H22IN. The first-order valence-corrected chi connectivity index (χ1v) is 8.13. The zero-order valence-electron chi connectivity index (χ0n) is 12.4. The summed E-state index contributed by atoms with van der Waals surface area (Å²) in [5, 5.41) is 3.60. The van der Waals surface area contributed by atoms with Crippen LogP contribution in [0.1, 0.15) is 32.8 Å². The van der Waals surface area contributed by atoms with Crippen molar-refractivity contribution in [3.05, 3.63) is 63.7 Å². The van der Waals surface area contributed by atoms with Crippen LogP contribution in [0, 0.1) is 3.57 Å². The van der Waals surface area contributed by atoms with Gasteiger partial charge >= 0.3 is 0 Å². The van der Waals surface area contributed by atoms with E-state index in [1.165, 1.54) is 14.8 Å². The second-order valence-corrected chi connectivity index (χ2v) is 7.26. The molecule has 0 saturated heterocycles. The summed E-state index contributed by atoms with van der Waals surface area (Å²) in [4.78, 5) is 0. The summed E-state index contributed by atoms with van der Waals surface area (Å²) in [7, 11) is 0. The van der Waals surface area contributed by atoms with E-state index in [1.807, 2.05) is 0 Å². The fourth-order valence-corrected chi connectivity index (χ4v) is 3.23. The van der Waals surface area contributed by atoms with E-state index in [2.05, 4.69) is 103 Å². The van der Waals surface area contributed by atoms with Gasteiger partial charge < -0.3 is 5.32 Å². The van der Waals surface area contributed by atoms with Gasteiger partial charge in [0.1, 0.15) is 0 Å². The lowest BCUT2D eigenvalue weighted by molar-refractivity contribution is 0.450. The SMILES string of the molecule is CC(CC(C)(C)c1ccccc1)Nc1cccc(I)c1. The van der Waals surface area contributed by atoms with E-state index in [1.54, 1.807) is 0 Å². The van der Waals surface area contributed by atoms with Crippen molar-refractivity contribution in [2.45, 2.75) is 38.6 Å². The summed E-state index contributed by atoms with van der Waals surface area (Å²) in [6.07, 6.45) is 1.10. The van der Waals surface area contributed by atoms with Crippen LogP contribution in [0.5, 0.6) is 0 Å². The molecule has 0 aliphatic carbocycles. The Labute approximate surface area is 135 Å². The van der Waals surface area contributed by atoms with Crippen molar-refractivity contribution in [3.8, 4) is 0 Å². The molecule has 1 nitrogen and oxygen atoms in total. The van der Waals surface area contributed by atoms with E-state index in [0.717, 1.165) is 6.42 Å². The van der Waals surface area contributed by atoms with Crippen LogP contribution < -0.4 is 5.32 Å². The third-order valence-electron chi connectivity index (χ3n) is 3.61. The lowest BCUT2D eigenvalue weighted by Gasteiger charge is -2.29. The van der Waals surface area contributed by atoms with Gasteiger partial charge in [0, 0.05) is 15.3 Å². The van der Waals surface area contributed by atoms with Crippen molar-refractivity contribution in [2.75, 3.05) is 5.32 Å². The van der Waals surface area contributed by atoms with E-state index in [4.69, 9.17) is 0 Å². The minimum atomic E-state index is 0.176. The van der Waals surface area contributed by atoms with Gasteiger partial charge in [0.15, 0.2) is 0 Å². The lowest BCUT2D eigenvalue weighted by Crippen LogP contribution is -2.27. The Morgan fingerprint density at radius 1 is 1.05 bits per heavy atom. The maximum absolute atomic E-state index is 3.60. The Morgan fingerprint density at radius 3 is 2.40 bits per heavy atom. The third-order valence-corrected chi connectivity index (χ3v) is 4.28. The van der Waals surface area contributed by atoms with Crippen LogP contribution >= 0.6 is 22.6 Å². The van der Waals surface area contributed by atoms with Crippen molar-refractivity contribution < 1.29 is 0 Å². The first kappa shape index (κ1) is 15.4. The van der Waals surface area contributed by atoms with Gasteiger partial charge in [0.25, 0.3) is 0 Å². The molecule has 2 aromatic carbocycles. The molecule has 0 amide bonds. The monoisotopic (exact) mass is 379 g/mol.